The monoisotopic (exact) mass is 455 g/mol. The van der Waals surface area contributed by atoms with Gasteiger partial charge < -0.3 is 15.0 Å². The number of carbonyl (C=O) groups excluding carboxylic acids is 2. The highest BCUT2D eigenvalue weighted by Gasteiger charge is 2.33. The van der Waals surface area contributed by atoms with Crippen LogP contribution in [0.4, 0.5) is 24.7 Å². The Morgan fingerprint density at radius 2 is 1.97 bits per heavy atom. The molecule has 1 aliphatic rings. The maximum absolute atomic E-state index is 12.8. The van der Waals surface area contributed by atoms with Crippen molar-refractivity contribution in [1.29, 1.82) is 0 Å². The highest BCUT2D eigenvalue weighted by molar-refractivity contribution is 6.33. The van der Waals surface area contributed by atoms with E-state index in [9.17, 15) is 22.8 Å². The van der Waals surface area contributed by atoms with Gasteiger partial charge in [-0.05, 0) is 44.0 Å². The molecule has 0 radical (unpaired) electrons. The van der Waals surface area contributed by atoms with Gasteiger partial charge in [-0.1, -0.05) is 17.7 Å². The number of amides is 1. The number of hydrogen-bond acceptors (Lipinski definition) is 5. The first-order valence-corrected chi connectivity index (χ1v) is 10.1. The first kappa shape index (κ1) is 22.9. The fourth-order valence-electron chi connectivity index (χ4n) is 3.35. The van der Waals surface area contributed by atoms with E-state index in [1.54, 1.807) is 36.1 Å². The zero-order valence-corrected chi connectivity index (χ0v) is 17.5. The highest BCUT2D eigenvalue weighted by atomic mass is 35.5. The normalized spacial score (nSPS) is 14.9. The van der Waals surface area contributed by atoms with E-state index in [1.165, 1.54) is 0 Å². The highest BCUT2D eigenvalue weighted by Crippen LogP contribution is 2.34. The van der Waals surface area contributed by atoms with Crippen molar-refractivity contribution in [3.05, 3.63) is 52.7 Å². The third kappa shape index (κ3) is 5.66. The number of ether oxygens (including phenoxy) is 1. The summed E-state index contributed by atoms with van der Waals surface area (Å²) in [5.41, 5.74) is -0.0662. The van der Waals surface area contributed by atoms with Gasteiger partial charge in [0.2, 0.25) is 5.91 Å². The molecule has 0 bridgehead atoms. The average Bonchev–Trinajstić information content (AvgIpc) is 2.73. The molecule has 1 aromatic heterocycles. The van der Waals surface area contributed by atoms with Crippen molar-refractivity contribution in [3.8, 4) is 0 Å². The topological polar surface area (TPSA) is 71.5 Å². The Morgan fingerprint density at radius 3 is 2.58 bits per heavy atom. The van der Waals surface area contributed by atoms with Crippen LogP contribution in [0.1, 0.15) is 35.7 Å². The van der Waals surface area contributed by atoms with Gasteiger partial charge in [0.1, 0.15) is 5.82 Å². The van der Waals surface area contributed by atoms with Crippen molar-refractivity contribution in [1.82, 2.24) is 4.98 Å². The van der Waals surface area contributed by atoms with E-state index in [0.29, 0.717) is 37.2 Å². The zero-order valence-electron chi connectivity index (χ0n) is 16.7. The molecule has 10 heteroatoms. The van der Waals surface area contributed by atoms with Crippen molar-refractivity contribution in [2.75, 3.05) is 29.9 Å². The molecule has 31 heavy (non-hydrogen) atoms. The van der Waals surface area contributed by atoms with Crippen LogP contribution in [0.2, 0.25) is 5.02 Å². The molecular formula is C21H21ClF3N3O3. The number of nitrogens with zero attached hydrogens (tertiary/aromatic N) is 2. The molecule has 0 unspecified atom stereocenters. The molecule has 0 aliphatic carbocycles. The number of carbonyl (C=O) groups is 2. The van der Waals surface area contributed by atoms with Crippen molar-refractivity contribution in [3.63, 3.8) is 0 Å². The van der Waals surface area contributed by atoms with E-state index in [-0.39, 0.29) is 29.3 Å². The maximum atomic E-state index is 12.8. The number of nitrogens with one attached hydrogen (secondary N) is 1. The van der Waals surface area contributed by atoms with E-state index in [0.717, 1.165) is 12.3 Å². The summed E-state index contributed by atoms with van der Waals surface area (Å²) in [4.78, 5) is 30.1. The molecular weight excluding hydrogens is 435 g/mol. The van der Waals surface area contributed by atoms with Crippen LogP contribution < -0.4 is 10.2 Å². The molecule has 2 aromatic rings. The lowest BCUT2D eigenvalue weighted by molar-refractivity contribution is -0.137. The summed E-state index contributed by atoms with van der Waals surface area (Å²) < 4.78 is 43.3. The number of rotatable bonds is 5. The Hall–Kier alpha value is -2.81. The number of benzene rings is 1. The first-order chi connectivity index (χ1) is 14.7. The van der Waals surface area contributed by atoms with E-state index in [1.807, 2.05) is 0 Å². The molecule has 1 aliphatic heterocycles. The first-order valence-electron chi connectivity index (χ1n) is 9.74. The molecule has 0 spiro atoms. The Morgan fingerprint density at radius 1 is 1.26 bits per heavy atom. The molecule has 1 amide bonds. The predicted octanol–water partition coefficient (Wildman–Crippen LogP) is 4.79. The van der Waals surface area contributed by atoms with Gasteiger partial charge in [0, 0.05) is 30.9 Å². The summed E-state index contributed by atoms with van der Waals surface area (Å²) in [7, 11) is 0. The minimum atomic E-state index is -4.51. The molecule has 3 rings (SSSR count). The van der Waals surface area contributed by atoms with Gasteiger partial charge in [0.15, 0.2) is 0 Å². The van der Waals surface area contributed by atoms with Crippen LogP contribution in [-0.4, -0.2) is 36.6 Å². The van der Waals surface area contributed by atoms with Crippen LogP contribution in [0, 0.1) is 5.92 Å². The van der Waals surface area contributed by atoms with Gasteiger partial charge in [-0.15, -0.1) is 0 Å². The summed E-state index contributed by atoms with van der Waals surface area (Å²) in [5, 5.41) is 2.73. The lowest BCUT2D eigenvalue weighted by Gasteiger charge is -2.32. The lowest BCUT2D eigenvalue weighted by Crippen LogP contribution is -2.38. The van der Waals surface area contributed by atoms with E-state index in [4.69, 9.17) is 16.3 Å². The van der Waals surface area contributed by atoms with Crippen molar-refractivity contribution < 1.29 is 27.5 Å². The third-order valence-corrected chi connectivity index (χ3v) is 5.23. The summed E-state index contributed by atoms with van der Waals surface area (Å²) in [5.74, 6) is -0.661. The van der Waals surface area contributed by atoms with Crippen molar-refractivity contribution in [2.45, 2.75) is 25.9 Å². The number of hydrogen-bond donors (Lipinski definition) is 1. The molecule has 166 valence electrons. The van der Waals surface area contributed by atoms with E-state index < -0.39 is 17.7 Å². The standard InChI is InChI=1S/C21H21ClF3N3O3/c1-2-31-20(30)14-4-3-5-16(10-14)27-19(29)13-6-8-28(9-7-13)18-17(22)11-15(12-26-18)21(23,24)25/h3-5,10-13H,2,6-9H2,1H3,(H,27,29). The predicted molar refractivity (Wildman–Crippen MR) is 110 cm³/mol. The number of aromatic nitrogens is 1. The van der Waals surface area contributed by atoms with Crippen molar-refractivity contribution in [2.24, 2.45) is 5.92 Å². The van der Waals surface area contributed by atoms with Gasteiger partial charge in [0.05, 0.1) is 22.8 Å². The quantitative estimate of drug-likeness (QED) is 0.656. The minimum Gasteiger partial charge on any atom is -0.462 e. The van der Waals surface area contributed by atoms with Gasteiger partial charge in [-0.25, -0.2) is 9.78 Å². The molecule has 1 N–H and O–H groups in total. The molecule has 2 heterocycles. The third-order valence-electron chi connectivity index (χ3n) is 4.96. The second kappa shape index (κ2) is 9.55. The maximum Gasteiger partial charge on any atom is 0.417 e. The number of pyridine rings is 1. The zero-order chi connectivity index (χ0) is 22.6. The molecule has 6 nitrogen and oxygen atoms in total. The summed E-state index contributed by atoms with van der Waals surface area (Å²) in [6, 6.07) is 7.35. The Kier molecular flexibility index (Phi) is 7.04. The summed E-state index contributed by atoms with van der Waals surface area (Å²) in [6.07, 6.45) is -2.77. The summed E-state index contributed by atoms with van der Waals surface area (Å²) in [6.45, 7) is 2.83. The fraction of sp³-hybridized carbons (Fsp3) is 0.381. The van der Waals surface area contributed by atoms with Crippen LogP contribution in [0.15, 0.2) is 36.5 Å². The molecule has 1 aromatic carbocycles. The number of alkyl halides is 3. The SMILES string of the molecule is CCOC(=O)c1cccc(NC(=O)C2CCN(c3ncc(C(F)(F)F)cc3Cl)CC2)c1. The van der Waals surface area contributed by atoms with E-state index >= 15 is 0 Å². The number of halogens is 4. The fourth-order valence-corrected chi connectivity index (χ4v) is 3.64. The molecule has 0 atom stereocenters. The number of esters is 1. The van der Waals surface area contributed by atoms with E-state index in [2.05, 4.69) is 10.3 Å². The Balaban J connectivity index is 1.59. The number of anilines is 2. The smallest absolute Gasteiger partial charge is 0.417 e. The van der Waals surface area contributed by atoms with Gasteiger partial charge in [0.25, 0.3) is 0 Å². The van der Waals surface area contributed by atoms with Crippen LogP contribution in [0.25, 0.3) is 0 Å². The number of piperidine rings is 1. The average molecular weight is 456 g/mol. The molecule has 1 fully saturated rings. The second-order valence-electron chi connectivity index (χ2n) is 7.08. The van der Waals surface area contributed by atoms with Crippen LogP contribution in [-0.2, 0) is 15.7 Å². The molecule has 1 saturated heterocycles. The summed E-state index contributed by atoms with van der Waals surface area (Å²) >= 11 is 6.02. The van der Waals surface area contributed by atoms with Crippen molar-refractivity contribution >= 4 is 35.0 Å². The van der Waals surface area contributed by atoms with Gasteiger partial charge >= 0.3 is 12.1 Å². The molecule has 0 saturated carbocycles. The second-order valence-corrected chi connectivity index (χ2v) is 7.49. The van der Waals surface area contributed by atoms with Crippen LogP contribution in [0.3, 0.4) is 0 Å². The van der Waals surface area contributed by atoms with Crippen LogP contribution >= 0.6 is 11.6 Å². The lowest BCUT2D eigenvalue weighted by atomic mass is 9.95. The van der Waals surface area contributed by atoms with Gasteiger partial charge in [-0.3, -0.25) is 4.79 Å². The Labute approximate surface area is 182 Å². The minimum absolute atomic E-state index is 0.0755. The van der Waals surface area contributed by atoms with Crippen LogP contribution in [0.5, 0.6) is 0 Å². The van der Waals surface area contributed by atoms with Gasteiger partial charge in [-0.2, -0.15) is 13.2 Å². The Bertz CT molecular complexity index is 960. The largest absolute Gasteiger partial charge is 0.462 e.